The number of nitrogen functional groups attached to an aromatic ring is 1. The van der Waals surface area contributed by atoms with Gasteiger partial charge in [0.25, 0.3) is 0 Å². The second-order valence-corrected chi connectivity index (χ2v) is 4.02. The van der Waals surface area contributed by atoms with E-state index in [0.717, 1.165) is 37.3 Å². The second kappa shape index (κ2) is 6.30. The summed E-state index contributed by atoms with van der Waals surface area (Å²) in [6.07, 6.45) is 4.42. The van der Waals surface area contributed by atoms with E-state index in [2.05, 4.69) is 29.1 Å². The van der Waals surface area contributed by atoms with Gasteiger partial charge in [-0.3, -0.25) is 0 Å². The van der Waals surface area contributed by atoms with Crippen molar-refractivity contribution in [3.8, 4) is 0 Å². The van der Waals surface area contributed by atoms with Gasteiger partial charge in [-0.15, -0.1) is 0 Å². The predicted octanol–water partition coefficient (Wildman–Crippen LogP) is 2.53. The van der Waals surface area contributed by atoms with Crippen molar-refractivity contribution in [2.24, 2.45) is 0 Å². The van der Waals surface area contributed by atoms with Crippen LogP contribution in [0.1, 0.15) is 44.4 Å². The molecule has 4 nitrogen and oxygen atoms in total. The van der Waals surface area contributed by atoms with Crippen molar-refractivity contribution in [2.45, 2.75) is 46.5 Å². The molecule has 1 rings (SSSR count). The van der Waals surface area contributed by atoms with E-state index < -0.39 is 0 Å². The third kappa shape index (κ3) is 3.36. The minimum Gasteiger partial charge on any atom is -0.370 e. The summed E-state index contributed by atoms with van der Waals surface area (Å²) in [5, 5.41) is 3.35. The number of unbranched alkanes of at least 4 members (excludes halogenated alkanes) is 1. The maximum absolute atomic E-state index is 5.67. The molecule has 0 aliphatic heterocycles. The van der Waals surface area contributed by atoms with E-state index in [9.17, 15) is 0 Å². The molecule has 0 saturated heterocycles. The smallest absolute Gasteiger partial charge is 0.222 e. The predicted molar refractivity (Wildman–Crippen MR) is 68.6 cm³/mol. The Morgan fingerprint density at radius 3 is 2.56 bits per heavy atom. The first-order valence-corrected chi connectivity index (χ1v) is 6.05. The summed E-state index contributed by atoms with van der Waals surface area (Å²) < 4.78 is 0. The van der Waals surface area contributed by atoms with E-state index >= 15 is 0 Å². The summed E-state index contributed by atoms with van der Waals surface area (Å²) in [6, 6.07) is 0. The van der Waals surface area contributed by atoms with Crippen LogP contribution in [0.25, 0.3) is 0 Å². The van der Waals surface area contributed by atoms with Gasteiger partial charge < -0.3 is 11.1 Å². The van der Waals surface area contributed by atoms with Gasteiger partial charge in [0.1, 0.15) is 5.82 Å². The summed E-state index contributed by atoms with van der Waals surface area (Å²) >= 11 is 0. The number of hydrogen-bond donors (Lipinski definition) is 2. The van der Waals surface area contributed by atoms with Crippen LogP contribution in [0, 0.1) is 6.92 Å². The van der Waals surface area contributed by atoms with Gasteiger partial charge in [-0.1, -0.05) is 26.7 Å². The Morgan fingerprint density at radius 2 is 1.94 bits per heavy atom. The highest BCUT2D eigenvalue weighted by molar-refractivity contribution is 5.49. The molecule has 0 radical (unpaired) electrons. The van der Waals surface area contributed by atoms with E-state index in [1.54, 1.807) is 0 Å². The van der Waals surface area contributed by atoms with Gasteiger partial charge in [-0.2, -0.15) is 4.98 Å². The number of rotatable bonds is 6. The SMILES string of the molecule is CCCCNc1nc(N)nc(C)c1CCC. The first kappa shape index (κ1) is 12.7. The van der Waals surface area contributed by atoms with Crippen molar-refractivity contribution < 1.29 is 0 Å². The minimum absolute atomic E-state index is 0.358. The molecule has 1 aromatic rings. The average molecular weight is 222 g/mol. The quantitative estimate of drug-likeness (QED) is 0.726. The van der Waals surface area contributed by atoms with E-state index in [-0.39, 0.29) is 0 Å². The number of aryl methyl sites for hydroxylation is 1. The molecule has 0 aromatic carbocycles. The topological polar surface area (TPSA) is 63.8 Å². The Kier molecular flexibility index (Phi) is 5.02. The van der Waals surface area contributed by atoms with Crippen LogP contribution in [0.2, 0.25) is 0 Å². The van der Waals surface area contributed by atoms with Crippen LogP contribution in [0.3, 0.4) is 0 Å². The Balaban J connectivity index is 2.85. The molecule has 1 aromatic heterocycles. The number of hydrogen-bond acceptors (Lipinski definition) is 4. The van der Waals surface area contributed by atoms with Gasteiger partial charge in [-0.25, -0.2) is 4.98 Å². The lowest BCUT2D eigenvalue weighted by Gasteiger charge is -2.12. The molecule has 0 saturated carbocycles. The number of aromatic nitrogens is 2. The molecule has 16 heavy (non-hydrogen) atoms. The fourth-order valence-corrected chi connectivity index (χ4v) is 1.70. The highest BCUT2D eigenvalue weighted by Crippen LogP contribution is 2.19. The van der Waals surface area contributed by atoms with E-state index in [1.165, 1.54) is 12.0 Å². The standard InChI is InChI=1S/C12H22N4/c1-4-6-8-14-11-10(7-5-2)9(3)15-12(13)16-11/h4-8H2,1-3H3,(H3,13,14,15,16). The Hall–Kier alpha value is -1.32. The minimum atomic E-state index is 0.358. The van der Waals surface area contributed by atoms with Gasteiger partial charge in [-0.05, 0) is 19.8 Å². The maximum atomic E-state index is 5.67. The fraction of sp³-hybridized carbons (Fsp3) is 0.667. The lowest BCUT2D eigenvalue weighted by Crippen LogP contribution is -2.10. The molecular weight excluding hydrogens is 200 g/mol. The first-order chi connectivity index (χ1) is 7.69. The summed E-state index contributed by atoms with van der Waals surface area (Å²) in [5.74, 6) is 1.27. The Morgan fingerprint density at radius 1 is 1.19 bits per heavy atom. The first-order valence-electron chi connectivity index (χ1n) is 6.05. The van der Waals surface area contributed by atoms with Crippen LogP contribution in [0.5, 0.6) is 0 Å². The molecule has 0 bridgehead atoms. The molecule has 0 atom stereocenters. The monoisotopic (exact) mass is 222 g/mol. The van der Waals surface area contributed by atoms with Gasteiger partial charge in [0.05, 0.1) is 0 Å². The van der Waals surface area contributed by atoms with E-state index in [1.807, 2.05) is 6.92 Å². The summed E-state index contributed by atoms with van der Waals surface area (Å²) in [5.41, 5.74) is 7.86. The summed E-state index contributed by atoms with van der Waals surface area (Å²) in [7, 11) is 0. The lowest BCUT2D eigenvalue weighted by molar-refractivity contribution is 0.821. The van der Waals surface area contributed by atoms with Gasteiger partial charge in [0.2, 0.25) is 5.95 Å². The molecule has 3 N–H and O–H groups in total. The van der Waals surface area contributed by atoms with Crippen LogP contribution in [0.4, 0.5) is 11.8 Å². The van der Waals surface area contributed by atoms with Crippen molar-refractivity contribution in [1.29, 1.82) is 0 Å². The zero-order valence-electron chi connectivity index (χ0n) is 10.5. The third-order valence-corrected chi connectivity index (χ3v) is 2.55. The zero-order chi connectivity index (χ0) is 12.0. The van der Waals surface area contributed by atoms with Crippen LogP contribution < -0.4 is 11.1 Å². The number of nitrogens with one attached hydrogen (secondary N) is 1. The van der Waals surface area contributed by atoms with Crippen LogP contribution in [-0.4, -0.2) is 16.5 Å². The third-order valence-electron chi connectivity index (χ3n) is 2.55. The van der Waals surface area contributed by atoms with Crippen molar-refractivity contribution in [3.63, 3.8) is 0 Å². The van der Waals surface area contributed by atoms with Crippen LogP contribution in [-0.2, 0) is 6.42 Å². The second-order valence-electron chi connectivity index (χ2n) is 4.02. The lowest BCUT2D eigenvalue weighted by atomic mass is 10.1. The molecule has 0 aliphatic rings. The molecule has 0 amide bonds. The normalized spacial score (nSPS) is 10.4. The largest absolute Gasteiger partial charge is 0.370 e. The molecule has 0 spiro atoms. The molecule has 0 fully saturated rings. The summed E-state index contributed by atoms with van der Waals surface area (Å²) in [6.45, 7) is 7.27. The average Bonchev–Trinajstić information content (AvgIpc) is 2.23. The van der Waals surface area contributed by atoms with Crippen molar-refractivity contribution in [1.82, 2.24) is 9.97 Å². The van der Waals surface area contributed by atoms with Crippen molar-refractivity contribution in [3.05, 3.63) is 11.3 Å². The van der Waals surface area contributed by atoms with Crippen LogP contribution >= 0.6 is 0 Å². The van der Waals surface area contributed by atoms with Gasteiger partial charge in [0, 0.05) is 17.8 Å². The maximum Gasteiger partial charge on any atom is 0.222 e. The van der Waals surface area contributed by atoms with Crippen molar-refractivity contribution >= 4 is 11.8 Å². The van der Waals surface area contributed by atoms with Gasteiger partial charge >= 0.3 is 0 Å². The van der Waals surface area contributed by atoms with Crippen molar-refractivity contribution in [2.75, 3.05) is 17.6 Å². The summed E-state index contributed by atoms with van der Waals surface area (Å²) in [4.78, 5) is 8.49. The van der Waals surface area contributed by atoms with Crippen LogP contribution in [0.15, 0.2) is 0 Å². The number of nitrogens with zero attached hydrogens (tertiary/aromatic N) is 2. The number of nitrogens with two attached hydrogens (primary N) is 1. The van der Waals surface area contributed by atoms with E-state index in [0.29, 0.717) is 5.95 Å². The van der Waals surface area contributed by atoms with Gasteiger partial charge in [0.15, 0.2) is 0 Å². The Labute approximate surface area is 97.7 Å². The van der Waals surface area contributed by atoms with E-state index in [4.69, 9.17) is 5.73 Å². The molecule has 0 aliphatic carbocycles. The Bertz CT molecular complexity index is 336. The molecule has 0 unspecified atom stereocenters. The zero-order valence-corrected chi connectivity index (χ0v) is 10.5. The molecule has 90 valence electrons. The number of anilines is 2. The highest BCUT2D eigenvalue weighted by Gasteiger charge is 2.08. The molecular formula is C12H22N4. The fourth-order valence-electron chi connectivity index (χ4n) is 1.70. The highest BCUT2D eigenvalue weighted by atomic mass is 15.1. The molecule has 4 heteroatoms. The molecule has 1 heterocycles.